The summed E-state index contributed by atoms with van der Waals surface area (Å²) in [5.74, 6) is -0.0456. The van der Waals surface area contributed by atoms with Gasteiger partial charge in [-0.15, -0.1) is 0 Å². The van der Waals surface area contributed by atoms with Crippen LogP contribution in [0.4, 0.5) is 0 Å². The highest BCUT2D eigenvalue weighted by atomic mass is 16.1. The van der Waals surface area contributed by atoms with E-state index in [2.05, 4.69) is 43.1 Å². The molecule has 0 atom stereocenters. The number of amides is 1. The van der Waals surface area contributed by atoms with E-state index in [4.69, 9.17) is 5.10 Å². The van der Waals surface area contributed by atoms with Crippen molar-refractivity contribution >= 4 is 5.91 Å². The van der Waals surface area contributed by atoms with Crippen LogP contribution in [0, 0.1) is 6.92 Å². The fraction of sp³-hybridized carbons (Fsp3) is 0.360. The third-order valence-electron chi connectivity index (χ3n) is 5.90. The van der Waals surface area contributed by atoms with Crippen LogP contribution in [0.1, 0.15) is 42.6 Å². The standard InChI is InChI=1S/C25H30N4O/c1-18(2)28-15-13-21(14-16-28)26-25(30)23-17-29(22-7-5-4-6-8-22)27-24(23)20-11-9-19(3)10-12-20/h4-12,17-18,21H,13-16H2,1-3H3,(H,26,30). The number of carbonyl (C=O) groups excluding carboxylic acids is 1. The molecule has 0 radical (unpaired) electrons. The molecule has 1 aliphatic heterocycles. The minimum atomic E-state index is -0.0456. The first-order valence-electron chi connectivity index (χ1n) is 10.8. The monoisotopic (exact) mass is 402 g/mol. The molecule has 1 aliphatic rings. The number of nitrogens with zero attached hydrogens (tertiary/aromatic N) is 3. The van der Waals surface area contributed by atoms with Crippen molar-refractivity contribution in [1.29, 1.82) is 0 Å². The molecule has 0 bridgehead atoms. The molecular formula is C25H30N4O. The number of benzene rings is 2. The van der Waals surface area contributed by atoms with E-state index >= 15 is 0 Å². The van der Waals surface area contributed by atoms with Gasteiger partial charge in [0.05, 0.1) is 11.3 Å². The van der Waals surface area contributed by atoms with Crippen LogP contribution >= 0.6 is 0 Å². The molecular weight excluding hydrogens is 372 g/mol. The number of likely N-dealkylation sites (tertiary alicyclic amines) is 1. The van der Waals surface area contributed by atoms with Gasteiger partial charge in [0.25, 0.3) is 5.91 Å². The number of rotatable bonds is 5. The molecule has 1 amide bonds. The third kappa shape index (κ3) is 4.46. The van der Waals surface area contributed by atoms with Crippen molar-refractivity contribution in [3.05, 3.63) is 71.9 Å². The van der Waals surface area contributed by atoms with Crippen LogP contribution in [0.3, 0.4) is 0 Å². The number of aryl methyl sites for hydroxylation is 1. The highest BCUT2D eigenvalue weighted by Crippen LogP contribution is 2.25. The second-order valence-corrected chi connectivity index (χ2v) is 8.41. The molecule has 5 nitrogen and oxygen atoms in total. The van der Waals surface area contributed by atoms with Crippen molar-refractivity contribution in [3.8, 4) is 16.9 Å². The predicted octanol–water partition coefficient (Wildman–Crippen LogP) is 4.45. The predicted molar refractivity (Wildman–Crippen MR) is 121 cm³/mol. The maximum absolute atomic E-state index is 13.3. The first kappa shape index (κ1) is 20.4. The van der Waals surface area contributed by atoms with Gasteiger partial charge >= 0.3 is 0 Å². The van der Waals surface area contributed by atoms with Crippen molar-refractivity contribution in [2.75, 3.05) is 13.1 Å². The highest BCUT2D eigenvalue weighted by molar-refractivity contribution is 6.00. The van der Waals surface area contributed by atoms with Gasteiger partial charge in [-0.05, 0) is 45.7 Å². The normalized spacial score (nSPS) is 15.5. The van der Waals surface area contributed by atoms with Crippen molar-refractivity contribution in [2.45, 2.75) is 45.7 Å². The number of hydrogen-bond acceptors (Lipinski definition) is 3. The average Bonchev–Trinajstić information content (AvgIpc) is 3.21. The Hall–Kier alpha value is -2.92. The first-order valence-corrected chi connectivity index (χ1v) is 10.8. The van der Waals surface area contributed by atoms with Crippen molar-refractivity contribution < 1.29 is 4.79 Å². The van der Waals surface area contributed by atoms with Gasteiger partial charge in [-0.25, -0.2) is 4.68 Å². The number of carbonyl (C=O) groups is 1. The molecule has 2 heterocycles. The summed E-state index contributed by atoms with van der Waals surface area (Å²) < 4.78 is 1.80. The number of nitrogens with one attached hydrogen (secondary N) is 1. The van der Waals surface area contributed by atoms with Crippen LogP contribution in [0.2, 0.25) is 0 Å². The molecule has 3 aromatic rings. The Morgan fingerprint density at radius 3 is 2.33 bits per heavy atom. The van der Waals surface area contributed by atoms with Gasteiger partial charge in [-0.3, -0.25) is 4.79 Å². The van der Waals surface area contributed by atoms with Crippen LogP contribution in [0.5, 0.6) is 0 Å². The Balaban J connectivity index is 1.60. The Morgan fingerprint density at radius 2 is 1.70 bits per heavy atom. The van der Waals surface area contributed by atoms with Gasteiger partial charge in [0.15, 0.2) is 0 Å². The molecule has 1 N–H and O–H groups in total. The third-order valence-corrected chi connectivity index (χ3v) is 5.90. The Morgan fingerprint density at radius 1 is 1.03 bits per heavy atom. The number of piperidine rings is 1. The fourth-order valence-electron chi connectivity index (χ4n) is 4.00. The molecule has 4 rings (SSSR count). The van der Waals surface area contributed by atoms with Gasteiger partial charge in [0, 0.05) is 36.9 Å². The van der Waals surface area contributed by atoms with E-state index in [0.29, 0.717) is 11.6 Å². The number of hydrogen-bond donors (Lipinski definition) is 1. The molecule has 1 saturated heterocycles. The van der Waals surface area contributed by atoms with Gasteiger partial charge in [0.2, 0.25) is 0 Å². The summed E-state index contributed by atoms with van der Waals surface area (Å²) in [5.41, 5.74) is 4.42. The number of aromatic nitrogens is 2. The van der Waals surface area contributed by atoms with E-state index in [1.165, 1.54) is 5.56 Å². The average molecular weight is 403 g/mol. The maximum atomic E-state index is 13.3. The van der Waals surface area contributed by atoms with Gasteiger partial charge in [-0.1, -0.05) is 48.0 Å². The van der Waals surface area contributed by atoms with Crippen LogP contribution in [-0.4, -0.2) is 45.8 Å². The Labute approximate surface area is 178 Å². The van der Waals surface area contributed by atoms with Crippen LogP contribution in [0.15, 0.2) is 60.8 Å². The smallest absolute Gasteiger partial charge is 0.255 e. The lowest BCUT2D eigenvalue weighted by Crippen LogP contribution is -2.46. The molecule has 0 unspecified atom stereocenters. The van der Waals surface area contributed by atoms with E-state index in [9.17, 15) is 4.79 Å². The van der Waals surface area contributed by atoms with Crippen molar-refractivity contribution in [1.82, 2.24) is 20.0 Å². The number of para-hydroxylation sites is 1. The Kier molecular flexibility index (Phi) is 6.00. The first-order chi connectivity index (χ1) is 14.5. The molecule has 0 spiro atoms. The van der Waals surface area contributed by atoms with E-state index in [1.807, 2.05) is 48.7 Å². The second-order valence-electron chi connectivity index (χ2n) is 8.41. The lowest BCUT2D eigenvalue weighted by Gasteiger charge is -2.34. The van der Waals surface area contributed by atoms with E-state index in [1.54, 1.807) is 4.68 Å². The van der Waals surface area contributed by atoms with Crippen LogP contribution in [0.25, 0.3) is 16.9 Å². The summed E-state index contributed by atoms with van der Waals surface area (Å²) in [6.45, 7) is 8.56. The zero-order valence-corrected chi connectivity index (χ0v) is 18.0. The molecule has 30 heavy (non-hydrogen) atoms. The molecule has 2 aromatic carbocycles. The van der Waals surface area contributed by atoms with Gasteiger partial charge in [-0.2, -0.15) is 5.10 Å². The Bertz CT molecular complexity index is 984. The molecule has 1 aromatic heterocycles. The molecule has 1 fully saturated rings. The SMILES string of the molecule is Cc1ccc(-c2nn(-c3ccccc3)cc2C(=O)NC2CCN(C(C)C)CC2)cc1. The van der Waals surface area contributed by atoms with Crippen LogP contribution < -0.4 is 5.32 Å². The summed E-state index contributed by atoms with van der Waals surface area (Å²) >= 11 is 0. The van der Waals surface area contributed by atoms with Crippen molar-refractivity contribution in [2.24, 2.45) is 0 Å². The summed E-state index contributed by atoms with van der Waals surface area (Å²) in [5, 5.41) is 8.04. The lowest BCUT2D eigenvalue weighted by molar-refractivity contribution is 0.0901. The minimum Gasteiger partial charge on any atom is -0.349 e. The second kappa shape index (κ2) is 8.84. The van der Waals surface area contributed by atoms with Crippen molar-refractivity contribution in [3.63, 3.8) is 0 Å². The summed E-state index contributed by atoms with van der Waals surface area (Å²) in [4.78, 5) is 15.7. The largest absolute Gasteiger partial charge is 0.349 e. The quantitative estimate of drug-likeness (QED) is 0.686. The van der Waals surface area contributed by atoms with Crippen LogP contribution in [-0.2, 0) is 0 Å². The zero-order valence-electron chi connectivity index (χ0n) is 18.0. The summed E-state index contributed by atoms with van der Waals surface area (Å²) in [6.07, 6.45) is 3.82. The molecule has 0 saturated carbocycles. The topological polar surface area (TPSA) is 50.2 Å². The highest BCUT2D eigenvalue weighted by Gasteiger charge is 2.25. The van der Waals surface area contributed by atoms with E-state index < -0.39 is 0 Å². The zero-order chi connectivity index (χ0) is 21.1. The molecule has 0 aliphatic carbocycles. The molecule has 5 heteroatoms. The van der Waals surface area contributed by atoms with Gasteiger partial charge in [0.1, 0.15) is 5.69 Å². The molecule has 156 valence electrons. The summed E-state index contributed by atoms with van der Waals surface area (Å²) in [7, 11) is 0. The lowest BCUT2D eigenvalue weighted by atomic mass is 10.0. The fourth-order valence-corrected chi connectivity index (χ4v) is 4.00. The van der Waals surface area contributed by atoms with Gasteiger partial charge < -0.3 is 10.2 Å². The summed E-state index contributed by atoms with van der Waals surface area (Å²) in [6, 6.07) is 18.9. The minimum absolute atomic E-state index is 0.0456. The maximum Gasteiger partial charge on any atom is 0.255 e. The van der Waals surface area contributed by atoms with E-state index in [-0.39, 0.29) is 11.9 Å². The van der Waals surface area contributed by atoms with E-state index in [0.717, 1.165) is 42.9 Å².